The van der Waals surface area contributed by atoms with Crippen LogP contribution >= 0.6 is 0 Å². The van der Waals surface area contributed by atoms with E-state index in [1.54, 1.807) is 0 Å². The van der Waals surface area contributed by atoms with E-state index in [1.807, 2.05) is 60.7 Å². The summed E-state index contributed by atoms with van der Waals surface area (Å²) in [6, 6.07) is 18.0. The average Bonchev–Trinajstić information content (AvgIpc) is 3.02. The molecular weight excluding hydrogens is 370 g/mol. The van der Waals surface area contributed by atoms with Crippen molar-refractivity contribution in [1.29, 1.82) is 0 Å². The van der Waals surface area contributed by atoms with Crippen LogP contribution in [0.2, 0.25) is 0 Å². The van der Waals surface area contributed by atoms with E-state index in [0.717, 1.165) is 0 Å². The van der Waals surface area contributed by atoms with Gasteiger partial charge in [0.05, 0.1) is 6.61 Å². The van der Waals surface area contributed by atoms with E-state index in [-0.39, 0.29) is 37.9 Å². The number of urea groups is 1. The second kappa shape index (κ2) is 9.34. The Labute approximate surface area is 169 Å². The van der Waals surface area contributed by atoms with Crippen molar-refractivity contribution in [3.8, 4) is 0 Å². The van der Waals surface area contributed by atoms with Crippen molar-refractivity contribution in [3.05, 3.63) is 71.8 Å². The Bertz CT molecular complexity index is 815. The summed E-state index contributed by atoms with van der Waals surface area (Å²) in [6.45, 7) is 0.358. The highest BCUT2D eigenvalue weighted by Gasteiger charge is 2.53. The fourth-order valence-electron chi connectivity index (χ4n) is 3.55. The van der Waals surface area contributed by atoms with Crippen molar-refractivity contribution in [2.75, 3.05) is 19.7 Å². The Balaban J connectivity index is 1.75. The lowest BCUT2D eigenvalue weighted by Gasteiger charge is -2.28. The van der Waals surface area contributed by atoms with Gasteiger partial charge in [-0.25, -0.2) is 4.79 Å². The predicted octanol–water partition coefficient (Wildman–Crippen LogP) is 1.76. The minimum Gasteiger partial charge on any atom is -0.395 e. The molecule has 0 aliphatic carbocycles. The van der Waals surface area contributed by atoms with Gasteiger partial charge in [0.2, 0.25) is 5.91 Å². The maximum Gasteiger partial charge on any atom is 0.325 e. The number of unbranched alkanes of at least 4 members (excludes halogenated alkanes) is 1. The van der Waals surface area contributed by atoms with Crippen LogP contribution in [0.1, 0.15) is 30.4 Å². The Kier molecular flexibility index (Phi) is 6.61. The molecule has 1 saturated heterocycles. The van der Waals surface area contributed by atoms with Gasteiger partial charge in [-0.05, 0) is 24.0 Å². The smallest absolute Gasteiger partial charge is 0.325 e. The molecule has 0 bridgehead atoms. The van der Waals surface area contributed by atoms with E-state index in [2.05, 4.69) is 10.6 Å². The SMILES string of the molecule is O=C(CCCCN1C(=O)NC(c2ccccc2)(c2ccccc2)C1=O)NCCO. The van der Waals surface area contributed by atoms with Crippen molar-refractivity contribution in [2.45, 2.75) is 24.8 Å². The van der Waals surface area contributed by atoms with Crippen molar-refractivity contribution < 1.29 is 19.5 Å². The first kappa shape index (κ1) is 20.5. The third-order valence-electron chi connectivity index (χ3n) is 4.99. The summed E-state index contributed by atoms with van der Waals surface area (Å²) in [5.41, 5.74) is 0.156. The molecule has 0 radical (unpaired) electrons. The van der Waals surface area contributed by atoms with Crippen LogP contribution in [0.3, 0.4) is 0 Å². The van der Waals surface area contributed by atoms with Gasteiger partial charge in [0.25, 0.3) is 5.91 Å². The van der Waals surface area contributed by atoms with Crippen LogP contribution in [0.25, 0.3) is 0 Å². The lowest BCUT2D eigenvalue weighted by molar-refractivity contribution is -0.130. The molecule has 7 nitrogen and oxygen atoms in total. The first-order chi connectivity index (χ1) is 14.1. The fraction of sp³-hybridized carbons (Fsp3) is 0.318. The average molecular weight is 395 g/mol. The van der Waals surface area contributed by atoms with E-state index in [0.29, 0.717) is 24.0 Å². The summed E-state index contributed by atoms with van der Waals surface area (Å²) in [5.74, 6) is -0.469. The first-order valence-electron chi connectivity index (χ1n) is 9.72. The second-order valence-electron chi connectivity index (χ2n) is 6.90. The molecule has 7 heteroatoms. The maximum atomic E-state index is 13.4. The number of carbonyl (C=O) groups excluding carboxylic acids is 3. The van der Waals surface area contributed by atoms with Crippen LogP contribution in [-0.2, 0) is 15.1 Å². The highest BCUT2D eigenvalue weighted by atomic mass is 16.3. The minimum absolute atomic E-state index is 0.102. The van der Waals surface area contributed by atoms with E-state index in [1.165, 1.54) is 4.90 Å². The van der Waals surface area contributed by atoms with Gasteiger partial charge in [-0.1, -0.05) is 60.7 Å². The molecule has 0 spiro atoms. The predicted molar refractivity (Wildman–Crippen MR) is 108 cm³/mol. The zero-order valence-corrected chi connectivity index (χ0v) is 16.1. The van der Waals surface area contributed by atoms with Gasteiger partial charge in [-0.2, -0.15) is 0 Å². The Morgan fingerprint density at radius 2 is 1.55 bits per heavy atom. The highest BCUT2D eigenvalue weighted by Crippen LogP contribution is 2.36. The number of imide groups is 1. The van der Waals surface area contributed by atoms with E-state index >= 15 is 0 Å². The summed E-state index contributed by atoms with van der Waals surface area (Å²) in [6.07, 6.45) is 1.34. The molecule has 0 aromatic heterocycles. The number of aliphatic hydroxyl groups is 1. The van der Waals surface area contributed by atoms with Gasteiger partial charge < -0.3 is 15.7 Å². The molecule has 3 N–H and O–H groups in total. The molecule has 0 atom stereocenters. The third-order valence-corrected chi connectivity index (χ3v) is 4.99. The lowest BCUT2D eigenvalue weighted by Crippen LogP contribution is -2.45. The van der Waals surface area contributed by atoms with Crippen molar-refractivity contribution >= 4 is 17.8 Å². The van der Waals surface area contributed by atoms with Crippen LogP contribution in [0, 0.1) is 0 Å². The number of carbonyl (C=O) groups is 3. The van der Waals surface area contributed by atoms with E-state index in [9.17, 15) is 14.4 Å². The van der Waals surface area contributed by atoms with Gasteiger partial charge in [0.1, 0.15) is 0 Å². The van der Waals surface area contributed by atoms with Gasteiger partial charge in [0, 0.05) is 19.5 Å². The molecule has 1 heterocycles. The molecule has 4 amide bonds. The normalized spacial score (nSPS) is 15.3. The second-order valence-corrected chi connectivity index (χ2v) is 6.90. The van der Waals surface area contributed by atoms with Gasteiger partial charge >= 0.3 is 6.03 Å². The van der Waals surface area contributed by atoms with Crippen LogP contribution in [0.15, 0.2) is 60.7 Å². The molecule has 2 aromatic carbocycles. The fourth-order valence-corrected chi connectivity index (χ4v) is 3.55. The lowest BCUT2D eigenvalue weighted by atomic mass is 9.82. The molecule has 1 fully saturated rings. The number of rotatable bonds is 9. The number of aliphatic hydroxyl groups excluding tert-OH is 1. The molecule has 0 saturated carbocycles. The van der Waals surface area contributed by atoms with Gasteiger partial charge in [-0.3, -0.25) is 14.5 Å². The summed E-state index contributed by atoms with van der Waals surface area (Å²) < 4.78 is 0. The summed E-state index contributed by atoms with van der Waals surface area (Å²) in [4.78, 5) is 39.0. The highest BCUT2D eigenvalue weighted by molar-refractivity contribution is 6.09. The zero-order valence-electron chi connectivity index (χ0n) is 16.1. The molecule has 152 valence electrons. The molecule has 3 rings (SSSR count). The first-order valence-corrected chi connectivity index (χ1v) is 9.72. The molecule has 1 aliphatic heterocycles. The Hall–Kier alpha value is -3.19. The zero-order chi connectivity index (χ0) is 20.7. The van der Waals surface area contributed by atoms with Gasteiger partial charge in [-0.15, -0.1) is 0 Å². The number of amides is 4. The van der Waals surface area contributed by atoms with Gasteiger partial charge in [0.15, 0.2) is 5.54 Å². The van der Waals surface area contributed by atoms with Crippen molar-refractivity contribution in [1.82, 2.24) is 15.5 Å². The topological polar surface area (TPSA) is 98.7 Å². The van der Waals surface area contributed by atoms with Crippen LogP contribution < -0.4 is 10.6 Å². The number of benzene rings is 2. The molecule has 29 heavy (non-hydrogen) atoms. The summed E-state index contributed by atoms with van der Waals surface area (Å²) >= 11 is 0. The summed E-state index contributed by atoms with van der Waals surface area (Å²) in [7, 11) is 0. The number of nitrogens with zero attached hydrogens (tertiary/aromatic N) is 1. The molecule has 0 unspecified atom stereocenters. The standard InChI is InChI=1S/C22H25N3O4/c26-16-14-23-19(27)13-7-8-15-25-20(28)22(24-21(25)29,17-9-3-1-4-10-17)18-11-5-2-6-12-18/h1-6,9-12,26H,7-8,13-16H2,(H,23,27)(H,24,29). The number of nitrogens with one attached hydrogen (secondary N) is 2. The van der Waals surface area contributed by atoms with Crippen molar-refractivity contribution in [2.24, 2.45) is 0 Å². The van der Waals surface area contributed by atoms with Crippen LogP contribution in [0.4, 0.5) is 4.79 Å². The quantitative estimate of drug-likeness (QED) is 0.445. The maximum absolute atomic E-state index is 13.4. The number of hydrogen-bond acceptors (Lipinski definition) is 4. The number of hydrogen-bond donors (Lipinski definition) is 3. The van der Waals surface area contributed by atoms with Crippen LogP contribution in [-0.4, -0.2) is 47.5 Å². The third kappa shape index (κ3) is 4.30. The van der Waals surface area contributed by atoms with E-state index in [4.69, 9.17) is 5.11 Å². The van der Waals surface area contributed by atoms with Crippen molar-refractivity contribution in [3.63, 3.8) is 0 Å². The Morgan fingerprint density at radius 1 is 0.966 bits per heavy atom. The summed E-state index contributed by atoms with van der Waals surface area (Å²) in [5, 5.41) is 14.2. The van der Waals surface area contributed by atoms with Crippen LogP contribution in [0.5, 0.6) is 0 Å². The molecule has 1 aliphatic rings. The minimum atomic E-state index is -1.25. The monoisotopic (exact) mass is 395 g/mol. The molecule has 2 aromatic rings. The Morgan fingerprint density at radius 3 is 2.10 bits per heavy atom. The molecular formula is C22H25N3O4. The largest absolute Gasteiger partial charge is 0.395 e. The van der Waals surface area contributed by atoms with E-state index < -0.39 is 11.6 Å².